The first kappa shape index (κ1) is 14.4. The lowest BCUT2D eigenvalue weighted by molar-refractivity contribution is 0.161. The second-order valence-electron chi connectivity index (χ2n) is 3.99. The Morgan fingerprint density at radius 2 is 2.11 bits per heavy atom. The number of amides is 1. The van der Waals surface area contributed by atoms with Crippen LogP contribution in [0, 0.1) is 11.6 Å². The second kappa shape index (κ2) is 6.90. The summed E-state index contributed by atoms with van der Waals surface area (Å²) >= 11 is 0. The maximum Gasteiger partial charge on any atom is 0.411 e. The Balaban J connectivity index is 2.35. The predicted molar refractivity (Wildman–Crippen MR) is 64.5 cm³/mol. The van der Waals surface area contributed by atoms with Crippen molar-refractivity contribution >= 4 is 11.8 Å². The molecule has 18 heavy (non-hydrogen) atoms. The first-order valence-corrected chi connectivity index (χ1v) is 5.61. The molecule has 0 heterocycles. The quantitative estimate of drug-likeness (QED) is 0.798. The Kier molecular flexibility index (Phi) is 5.51. The lowest BCUT2D eigenvalue weighted by Gasteiger charge is -2.10. The highest BCUT2D eigenvalue weighted by Gasteiger charge is 2.08. The Hall–Kier alpha value is -1.69. The van der Waals surface area contributed by atoms with E-state index in [4.69, 9.17) is 4.74 Å². The van der Waals surface area contributed by atoms with Gasteiger partial charge in [-0.1, -0.05) is 13.8 Å². The van der Waals surface area contributed by atoms with Gasteiger partial charge in [0.05, 0.1) is 5.69 Å². The van der Waals surface area contributed by atoms with E-state index in [1.165, 1.54) is 0 Å². The number of nitrogens with one attached hydrogen (secondary N) is 2. The molecule has 0 saturated carbocycles. The molecule has 0 unspecified atom stereocenters. The van der Waals surface area contributed by atoms with Gasteiger partial charge in [0.15, 0.2) is 0 Å². The molecule has 0 spiro atoms. The van der Waals surface area contributed by atoms with Gasteiger partial charge in [-0.05, 0) is 12.1 Å². The summed E-state index contributed by atoms with van der Waals surface area (Å²) in [5.41, 5.74) is -0.113. The highest BCUT2D eigenvalue weighted by Crippen LogP contribution is 2.14. The number of hydrogen-bond acceptors (Lipinski definition) is 3. The summed E-state index contributed by atoms with van der Waals surface area (Å²) < 4.78 is 30.6. The van der Waals surface area contributed by atoms with Gasteiger partial charge < -0.3 is 10.1 Å². The average Bonchev–Trinajstić information content (AvgIpc) is 2.28. The fourth-order valence-corrected chi connectivity index (χ4v) is 1.23. The van der Waals surface area contributed by atoms with Crippen LogP contribution in [0.4, 0.5) is 19.3 Å². The van der Waals surface area contributed by atoms with Crippen molar-refractivity contribution < 1.29 is 18.3 Å². The van der Waals surface area contributed by atoms with Gasteiger partial charge in [-0.3, -0.25) is 5.32 Å². The molecule has 1 aromatic carbocycles. The maximum absolute atomic E-state index is 13.2. The summed E-state index contributed by atoms with van der Waals surface area (Å²) in [6, 6.07) is 3.18. The predicted octanol–water partition coefficient (Wildman–Crippen LogP) is 2.51. The number of anilines is 1. The van der Waals surface area contributed by atoms with Crippen molar-refractivity contribution in [1.29, 1.82) is 0 Å². The van der Waals surface area contributed by atoms with Crippen molar-refractivity contribution in [3.05, 3.63) is 29.8 Å². The van der Waals surface area contributed by atoms with Gasteiger partial charge in [0.2, 0.25) is 0 Å². The average molecular weight is 258 g/mol. The van der Waals surface area contributed by atoms with Crippen LogP contribution >= 0.6 is 0 Å². The Labute approximate surface area is 104 Å². The molecule has 0 fully saturated rings. The van der Waals surface area contributed by atoms with E-state index in [0.29, 0.717) is 18.7 Å². The van der Waals surface area contributed by atoms with Gasteiger partial charge in [-0.2, -0.15) is 0 Å². The van der Waals surface area contributed by atoms with Gasteiger partial charge in [-0.25, -0.2) is 13.6 Å². The molecule has 6 heteroatoms. The van der Waals surface area contributed by atoms with E-state index in [1.807, 2.05) is 13.8 Å². The van der Waals surface area contributed by atoms with Gasteiger partial charge in [-0.15, -0.1) is 0 Å². The molecule has 1 amide bonds. The molecule has 0 saturated heterocycles. The van der Waals surface area contributed by atoms with Crippen molar-refractivity contribution in [3.63, 3.8) is 0 Å². The fourth-order valence-electron chi connectivity index (χ4n) is 1.23. The van der Waals surface area contributed by atoms with Crippen molar-refractivity contribution in [2.24, 2.45) is 0 Å². The molecule has 0 aromatic heterocycles. The van der Waals surface area contributed by atoms with E-state index in [9.17, 15) is 13.6 Å². The van der Waals surface area contributed by atoms with Crippen LogP contribution in [0.1, 0.15) is 13.8 Å². The first-order chi connectivity index (χ1) is 8.49. The smallest absolute Gasteiger partial charge is 0.411 e. The molecular weight excluding hydrogens is 242 g/mol. The van der Waals surface area contributed by atoms with Gasteiger partial charge in [0.1, 0.15) is 18.2 Å². The molecule has 0 radical (unpaired) electrons. The highest BCUT2D eigenvalue weighted by atomic mass is 19.1. The number of halogens is 2. The largest absolute Gasteiger partial charge is 0.448 e. The van der Waals surface area contributed by atoms with Crippen LogP contribution < -0.4 is 10.6 Å². The molecular formula is C12H16F2N2O2. The standard InChI is InChI=1S/C12H16F2N2O2/c1-8(2)15-5-6-18-12(17)16-11-4-3-9(13)7-10(11)14/h3-4,7-8,15H,5-6H2,1-2H3,(H,16,17). The molecule has 0 bridgehead atoms. The normalized spacial score (nSPS) is 10.5. The molecule has 1 aromatic rings. The van der Waals surface area contributed by atoms with Gasteiger partial charge >= 0.3 is 6.09 Å². The van der Waals surface area contributed by atoms with E-state index in [0.717, 1.165) is 12.1 Å². The van der Waals surface area contributed by atoms with E-state index < -0.39 is 17.7 Å². The Morgan fingerprint density at radius 1 is 1.39 bits per heavy atom. The third-order valence-electron chi connectivity index (χ3n) is 2.06. The van der Waals surface area contributed by atoms with E-state index >= 15 is 0 Å². The lowest BCUT2D eigenvalue weighted by atomic mass is 10.3. The van der Waals surface area contributed by atoms with E-state index in [1.54, 1.807) is 0 Å². The fraction of sp³-hybridized carbons (Fsp3) is 0.417. The van der Waals surface area contributed by atoms with Crippen LogP contribution in [0.5, 0.6) is 0 Å². The molecule has 0 aliphatic carbocycles. The Morgan fingerprint density at radius 3 is 2.72 bits per heavy atom. The number of hydrogen-bond donors (Lipinski definition) is 2. The minimum absolute atomic E-state index is 0.113. The molecule has 0 aliphatic heterocycles. The minimum Gasteiger partial charge on any atom is -0.448 e. The second-order valence-corrected chi connectivity index (χ2v) is 3.99. The molecule has 4 nitrogen and oxygen atoms in total. The number of ether oxygens (including phenoxy) is 1. The van der Waals surface area contributed by atoms with Crippen LogP contribution in [0.2, 0.25) is 0 Å². The molecule has 1 rings (SSSR count). The highest BCUT2D eigenvalue weighted by molar-refractivity contribution is 5.84. The third-order valence-corrected chi connectivity index (χ3v) is 2.06. The van der Waals surface area contributed by atoms with E-state index in [2.05, 4.69) is 10.6 Å². The zero-order valence-electron chi connectivity index (χ0n) is 10.3. The van der Waals surface area contributed by atoms with Crippen molar-refractivity contribution in [2.75, 3.05) is 18.5 Å². The van der Waals surface area contributed by atoms with Gasteiger partial charge in [0.25, 0.3) is 0 Å². The number of carbonyl (C=O) groups is 1. The van der Waals surface area contributed by atoms with Crippen LogP contribution in [-0.2, 0) is 4.74 Å². The van der Waals surface area contributed by atoms with Crippen molar-refractivity contribution in [1.82, 2.24) is 5.32 Å². The molecule has 100 valence electrons. The topological polar surface area (TPSA) is 50.4 Å². The summed E-state index contributed by atoms with van der Waals surface area (Å²) in [6.45, 7) is 4.62. The van der Waals surface area contributed by atoms with Crippen molar-refractivity contribution in [3.8, 4) is 0 Å². The summed E-state index contributed by atoms with van der Waals surface area (Å²) in [5, 5.41) is 5.25. The zero-order chi connectivity index (χ0) is 13.5. The van der Waals surface area contributed by atoms with Crippen molar-refractivity contribution in [2.45, 2.75) is 19.9 Å². The van der Waals surface area contributed by atoms with E-state index in [-0.39, 0.29) is 12.3 Å². The molecule has 0 aliphatic rings. The van der Waals surface area contributed by atoms with Crippen LogP contribution in [0.25, 0.3) is 0 Å². The summed E-state index contributed by atoms with van der Waals surface area (Å²) in [4.78, 5) is 11.3. The minimum atomic E-state index is -0.841. The summed E-state index contributed by atoms with van der Waals surface area (Å²) in [6.07, 6.45) is -0.772. The number of carbonyl (C=O) groups excluding carboxylic acids is 1. The van der Waals surface area contributed by atoms with Crippen LogP contribution in [0.3, 0.4) is 0 Å². The molecule has 2 N–H and O–H groups in total. The summed E-state index contributed by atoms with van der Waals surface area (Å²) in [7, 11) is 0. The lowest BCUT2D eigenvalue weighted by Crippen LogP contribution is -2.28. The first-order valence-electron chi connectivity index (χ1n) is 5.61. The van der Waals surface area contributed by atoms with Crippen LogP contribution in [-0.4, -0.2) is 25.3 Å². The number of rotatable bonds is 5. The number of benzene rings is 1. The SMILES string of the molecule is CC(C)NCCOC(=O)Nc1ccc(F)cc1F. The maximum atomic E-state index is 13.2. The van der Waals surface area contributed by atoms with Crippen LogP contribution in [0.15, 0.2) is 18.2 Å². The summed E-state index contributed by atoms with van der Waals surface area (Å²) in [5.74, 6) is -1.54. The Bertz CT molecular complexity index is 411. The third kappa shape index (κ3) is 5.09. The monoisotopic (exact) mass is 258 g/mol. The van der Waals surface area contributed by atoms with Gasteiger partial charge in [0, 0.05) is 18.7 Å². The zero-order valence-corrected chi connectivity index (χ0v) is 10.3. The molecule has 0 atom stereocenters.